The normalized spacial score (nSPS) is 33.0. The molecule has 0 unspecified atom stereocenters. The van der Waals surface area contributed by atoms with Crippen LogP contribution in [0.1, 0.15) is 41.5 Å². The van der Waals surface area contributed by atoms with Crippen molar-refractivity contribution < 1.29 is 4.74 Å². The lowest BCUT2D eigenvalue weighted by molar-refractivity contribution is -0.339. The zero-order chi connectivity index (χ0) is 8.21. The molecule has 1 nitrogen and oxygen atoms in total. The Hall–Kier alpha value is -0.0400. The van der Waals surface area contributed by atoms with Gasteiger partial charge in [-0.15, -0.1) is 0 Å². The van der Waals surface area contributed by atoms with Gasteiger partial charge in [-0.3, -0.25) is 0 Å². The maximum atomic E-state index is 5.73. The molecule has 0 atom stereocenters. The third kappa shape index (κ3) is 0.672. The van der Waals surface area contributed by atoms with Crippen molar-refractivity contribution >= 4 is 0 Å². The fraction of sp³-hybridized carbons (Fsp3) is 1.00. The van der Waals surface area contributed by atoms with E-state index < -0.39 is 0 Å². The van der Waals surface area contributed by atoms with Crippen molar-refractivity contribution in [3.8, 4) is 0 Å². The van der Waals surface area contributed by atoms with Gasteiger partial charge in [0.05, 0.1) is 11.2 Å². The zero-order valence-electron chi connectivity index (χ0n) is 7.91. The first-order valence-corrected chi connectivity index (χ1v) is 3.91. The van der Waals surface area contributed by atoms with E-state index in [0.717, 1.165) is 0 Å². The highest BCUT2D eigenvalue weighted by molar-refractivity contribution is 5.08. The molecule has 0 saturated carbocycles. The van der Waals surface area contributed by atoms with Crippen LogP contribution in [0.2, 0.25) is 0 Å². The Balaban J connectivity index is 2.85. The molecule has 0 aromatic carbocycles. The van der Waals surface area contributed by atoms with E-state index in [2.05, 4.69) is 41.5 Å². The maximum absolute atomic E-state index is 5.73. The predicted molar refractivity (Wildman–Crippen MR) is 43.0 cm³/mol. The molecule has 0 N–H and O–H groups in total. The summed E-state index contributed by atoms with van der Waals surface area (Å²) in [7, 11) is 0. The topological polar surface area (TPSA) is 9.23 Å². The Morgan fingerprint density at radius 1 is 0.700 bits per heavy atom. The molecule has 60 valence electrons. The molecule has 0 bridgehead atoms. The summed E-state index contributed by atoms with van der Waals surface area (Å²) in [6.45, 7) is 13.1. The van der Waals surface area contributed by atoms with E-state index in [-0.39, 0.29) is 11.2 Å². The van der Waals surface area contributed by atoms with Gasteiger partial charge in [-0.1, -0.05) is 13.8 Å². The summed E-state index contributed by atoms with van der Waals surface area (Å²) in [4.78, 5) is 0. The smallest absolute Gasteiger partial charge is 0.0712 e. The van der Waals surface area contributed by atoms with Gasteiger partial charge in [0.15, 0.2) is 0 Å². The van der Waals surface area contributed by atoms with Crippen molar-refractivity contribution in [2.45, 2.75) is 52.7 Å². The quantitative estimate of drug-likeness (QED) is 0.505. The maximum Gasteiger partial charge on any atom is 0.0712 e. The average molecular weight is 142 g/mol. The fourth-order valence-electron chi connectivity index (χ4n) is 1.57. The Kier molecular flexibility index (Phi) is 1.27. The molecule has 0 aromatic rings. The van der Waals surface area contributed by atoms with Crippen molar-refractivity contribution in [2.24, 2.45) is 5.41 Å². The van der Waals surface area contributed by atoms with Crippen LogP contribution in [0.3, 0.4) is 0 Å². The summed E-state index contributed by atoms with van der Waals surface area (Å²) in [6.07, 6.45) is 0. The molecule has 0 radical (unpaired) electrons. The summed E-state index contributed by atoms with van der Waals surface area (Å²) in [5.41, 5.74) is 0.396. The number of ether oxygens (including phenoxy) is 1. The first-order valence-electron chi connectivity index (χ1n) is 3.91. The third-order valence-electron chi connectivity index (χ3n) is 3.52. The van der Waals surface area contributed by atoms with E-state index in [0.29, 0.717) is 5.41 Å². The van der Waals surface area contributed by atoms with Crippen LogP contribution in [0.5, 0.6) is 0 Å². The van der Waals surface area contributed by atoms with Crippen LogP contribution in [0.25, 0.3) is 0 Å². The van der Waals surface area contributed by atoms with Gasteiger partial charge in [0.25, 0.3) is 0 Å². The second-order valence-corrected chi connectivity index (χ2v) is 4.75. The fourth-order valence-corrected chi connectivity index (χ4v) is 1.57. The lowest BCUT2D eigenvalue weighted by atomic mass is 9.60. The van der Waals surface area contributed by atoms with Crippen LogP contribution in [0.4, 0.5) is 0 Å². The molecular formula is C9H18O. The van der Waals surface area contributed by atoms with Crippen molar-refractivity contribution in [3.63, 3.8) is 0 Å². The van der Waals surface area contributed by atoms with Crippen molar-refractivity contribution in [2.75, 3.05) is 0 Å². The van der Waals surface area contributed by atoms with Crippen LogP contribution in [0.15, 0.2) is 0 Å². The van der Waals surface area contributed by atoms with Crippen LogP contribution < -0.4 is 0 Å². The first-order chi connectivity index (χ1) is 4.21. The minimum Gasteiger partial charge on any atom is -0.368 e. The van der Waals surface area contributed by atoms with Gasteiger partial charge >= 0.3 is 0 Å². The molecule has 0 spiro atoms. The highest BCUT2D eigenvalue weighted by Crippen LogP contribution is 2.56. The number of rotatable bonds is 0. The van der Waals surface area contributed by atoms with Crippen molar-refractivity contribution in [1.82, 2.24) is 0 Å². The van der Waals surface area contributed by atoms with Gasteiger partial charge in [-0.2, -0.15) is 0 Å². The van der Waals surface area contributed by atoms with Gasteiger partial charge in [-0.05, 0) is 27.7 Å². The van der Waals surface area contributed by atoms with Gasteiger partial charge < -0.3 is 4.74 Å². The SMILES string of the molecule is CC1(C)OC(C)(C)C1(C)C. The Morgan fingerprint density at radius 2 is 1.00 bits per heavy atom. The van der Waals surface area contributed by atoms with E-state index in [9.17, 15) is 0 Å². The second-order valence-electron chi connectivity index (χ2n) is 4.75. The molecule has 0 amide bonds. The van der Waals surface area contributed by atoms with E-state index in [1.54, 1.807) is 0 Å². The van der Waals surface area contributed by atoms with E-state index in [1.165, 1.54) is 0 Å². The lowest BCUT2D eigenvalue weighted by Gasteiger charge is -2.64. The van der Waals surface area contributed by atoms with E-state index >= 15 is 0 Å². The largest absolute Gasteiger partial charge is 0.368 e. The van der Waals surface area contributed by atoms with E-state index in [1.807, 2.05) is 0 Å². The van der Waals surface area contributed by atoms with Crippen LogP contribution >= 0.6 is 0 Å². The third-order valence-corrected chi connectivity index (χ3v) is 3.52. The first kappa shape index (κ1) is 8.06. The summed E-state index contributed by atoms with van der Waals surface area (Å²) in [5, 5.41) is 0. The molecular weight excluding hydrogens is 124 g/mol. The summed E-state index contributed by atoms with van der Waals surface area (Å²) in [5.74, 6) is 0. The molecule has 1 rings (SSSR count). The van der Waals surface area contributed by atoms with Gasteiger partial charge in [-0.25, -0.2) is 0 Å². The molecule has 1 saturated heterocycles. The molecule has 1 heteroatoms. The Morgan fingerprint density at radius 3 is 1.00 bits per heavy atom. The van der Waals surface area contributed by atoms with Gasteiger partial charge in [0, 0.05) is 5.41 Å². The summed E-state index contributed by atoms with van der Waals surface area (Å²) < 4.78 is 5.73. The highest BCUT2D eigenvalue weighted by Gasteiger charge is 2.60. The minimum absolute atomic E-state index is 0.0521. The van der Waals surface area contributed by atoms with Crippen molar-refractivity contribution in [1.29, 1.82) is 0 Å². The molecule has 1 aliphatic rings. The summed E-state index contributed by atoms with van der Waals surface area (Å²) >= 11 is 0. The summed E-state index contributed by atoms with van der Waals surface area (Å²) in [6, 6.07) is 0. The monoisotopic (exact) mass is 142 g/mol. The molecule has 1 aliphatic heterocycles. The van der Waals surface area contributed by atoms with Crippen molar-refractivity contribution in [3.05, 3.63) is 0 Å². The average Bonchev–Trinajstić information content (AvgIpc) is 1.61. The predicted octanol–water partition coefficient (Wildman–Crippen LogP) is 2.60. The van der Waals surface area contributed by atoms with Gasteiger partial charge in [0.2, 0.25) is 0 Å². The van der Waals surface area contributed by atoms with E-state index in [4.69, 9.17) is 4.74 Å². The Bertz CT molecular complexity index is 138. The zero-order valence-corrected chi connectivity index (χ0v) is 7.91. The molecule has 0 aromatic heterocycles. The van der Waals surface area contributed by atoms with Gasteiger partial charge in [0.1, 0.15) is 0 Å². The number of hydrogen-bond donors (Lipinski definition) is 0. The number of hydrogen-bond acceptors (Lipinski definition) is 1. The molecule has 10 heavy (non-hydrogen) atoms. The highest BCUT2D eigenvalue weighted by atomic mass is 16.6. The molecule has 1 heterocycles. The standard InChI is InChI=1S/C9H18O/c1-7(2)8(3,4)10-9(7,5)6/h1-6H3. The van der Waals surface area contributed by atoms with Crippen LogP contribution in [-0.4, -0.2) is 11.2 Å². The Labute approximate surface area is 63.8 Å². The second kappa shape index (κ2) is 1.58. The van der Waals surface area contributed by atoms with Crippen LogP contribution in [0, 0.1) is 5.41 Å². The molecule has 0 aliphatic carbocycles. The lowest BCUT2D eigenvalue weighted by Crippen LogP contribution is -2.68. The molecule has 1 fully saturated rings. The van der Waals surface area contributed by atoms with Crippen LogP contribution in [-0.2, 0) is 4.74 Å². The minimum atomic E-state index is 0.0521.